The zero-order valence-corrected chi connectivity index (χ0v) is 18.8. The maximum Gasteiger partial charge on any atom is 0.251 e. The average molecular weight is 452 g/mol. The minimum absolute atomic E-state index is 0.169. The molecule has 0 spiro atoms. The van der Waals surface area contributed by atoms with Gasteiger partial charge in [0.2, 0.25) is 5.91 Å². The van der Waals surface area contributed by atoms with Crippen LogP contribution < -0.4 is 16.2 Å². The van der Waals surface area contributed by atoms with Gasteiger partial charge in [0.25, 0.3) is 11.5 Å². The lowest BCUT2D eigenvalue weighted by Gasteiger charge is -2.20. The number of pyridine rings is 1. The van der Waals surface area contributed by atoms with E-state index in [-0.39, 0.29) is 23.9 Å². The molecule has 1 unspecified atom stereocenters. The molecule has 1 aromatic heterocycles. The first-order valence-electron chi connectivity index (χ1n) is 10.4. The summed E-state index contributed by atoms with van der Waals surface area (Å²) in [5, 5.41) is 6.20. The second-order valence-corrected chi connectivity index (χ2v) is 8.38. The van der Waals surface area contributed by atoms with Crippen molar-refractivity contribution >= 4 is 29.1 Å². The third-order valence-corrected chi connectivity index (χ3v) is 5.21. The van der Waals surface area contributed by atoms with Crippen molar-refractivity contribution in [1.29, 1.82) is 0 Å². The van der Waals surface area contributed by atoms with Crippen LogP contribution in [0.1, 0.15) is 37.4 Å². The second-order valence-electron chi connectivity index (χ2n) is 7.97. The summed E-state index contributed by atoms with van der Waals surface area (Å²) in [5.41, 5.74) is 1.70. The molecule has 1 heterocycles. The average Bonchev–Trinajstić information content (AvgIpc) is 2.76. The Morgan fingerprint density at radius 2 is 1.66 bits per heavy atom. The summed E-state index contributed by atoms with van der Waals surface area (Å²) < 4.78 is 1.48. The topological polar surface area (TPSA) is 80.2 Å². The molecule has 0 aliphatic carbocycles. The summed E-state index contributed by atoms with van der Waals surface area (Å²) in [4.78, 5) is 37.8. The van der Waals surface area contributed by atoms with E-state index in [4.69, 9.17) is 11.6 Å². The van der Waals surface area contributed by atoms with Gasteiger partial charge in [0.05, 0.1) is 12.2 Å². The van der Waals surface area contributed by atoms with Gasteiger partial charge >= 0.3 is 0 Å². The molecule has 7 heteroatoms. The van der Waals surface area contributed by atoms with Gasteiger partial charge in [-0.1, -0.05) is 74.0 Å². The number of benzene rings is 2. The van der Waals surface area contributed by atoms with Crippen molar-refractivity contribution in [2.24, 2.45) is 5.92 Å². The minimum Gasteiger partial charge on any atom is -0.341 e. The number of rotatable bonds is 8. The molecule has 0 saturated heterocycles. The van der Waals surface area contributed by atoms with Crippen molar-refractivity contribution in [3.05, 3.63) is 99.4 Å². The van der Waals surface area contributed by atoms with Gasteiger partial charge in [0, 0.05) is 23.7 Å². The van der Waals surface area contributed by atoms with Gasteiger partial charge in [-0.15, -0.1) is 0 Å². The molecular formula is C25H26ClN3O3. The van der Waals surface area contributed by atoms with Crippen LogP contribution in [-0.2, 0) is 16.1 Å². The van der Waals surface area contributed by atoms with Crippen molar-refractivity contribution in [1.82, 2.24) is 9.88 Å². The molecule has 0 aliphatic heterocycles. The number of amides is 2. The van der Waals surface area contributed by atoms with Crippen LogP contribution in [0.3, 0.4) is 0 Å². The molecule has 2 N–H and O–H groups in total. The molecule has 0 radical (unpaired) electrons. The number of hydrogen-bond acceptors (Lipinski definition) is 3. The molecule has 2 aromatic carbocycles. The number of nitrogens with one attached hydrogen (secondary N) is 2. The van der Waals surface area contributed by atoms with E-state index in [0.717, 1.165) is 5.56 Å². The monoisotopic (exact) mass is 451 g/mol. The van der Waals surface area contributed by atoms with E-state index in [9.17, 15) is 14.4 Å². The lowest BCUT2D eigenvalue weighted by molar-refractivity contribution is -0.127. The molecule has 2 amide bonds. The summed E-state index contributed by atoms with van der Waals surface area (Å²) in [6.07, 6.45) is 1.89. The third-order valence-electron chi connectivity index (χ3n) is 4.84. The Morgan fingerprint density at radius 3 is 2.34 bits per heavy atom. The van der Waals surface area contributed by atoms with Gasteiger partial charge < -0.3 is 15.2 Å². The van der Waals surface area contributed by atoms with Crippen molar-refractivity contribution in [2.45, 2.75) is 32.9 Å². The van der Waals surface area contributed by atoms with Crippen LogP contribution in [-0.4, -0.2) is 16.4 Å². The van der Waals surface area contributed by atoms with Gasteiger partial charge in [0.1, 0.15) is 6.04 Å². The lowest BCUT2D eigenvalue weighted by Crippen LogP contribution is -2.37. The van der Waals surface area contributed by atoms with Gasteiger partial charge in [-0.25, -0.2) is 0 Å². The predicted octanol–water partition coefficient (Wildman–Crippen LogP) is 4.39. The van der Waals surface area contributed by atoms with Crippen LogP contribution in [0.25, 0.3) is 0 Å². The predicted molar refractivity (Wildman–Crippen MR) is 127 cm³/mol. The first-order chi connectivity index (χ1) is 15.3. The minimum atomic E-state index is -0.855. The highest BCUT2D eigenvalue weighted by Crippen LogP contribution is 2.18. The fraction of sp³-hybridized carbons (Fsp3) is 0.240. The van der Waals surface area contributed by atoms with E-state index in [1.165, 1.54) is 10.6 Å². The molecule has 0 aliphatic rings. The van der Waals surface area contributed by atoms with Crippen LogP contribution in [0.5, 0.6) is 0 Å². The van der Waals surface area contributed by atoms with E-state index in [0.29, 0.717) is 22.7 Å². The van der Waals surface area contributed by atoms with Crippen LogP contribution in [0, 0.1) is 5.92 Å². The fourth-order valence-electron chi connectivity index (χ4n) is 3.29. The van der Waals surface area contributed by atoms with Crippen LogP contribution in [0.15, 0.2) is 77.7 Å². The van der Waals surface area contributed by atoms with E-state index in [1.807, 2.05) is 50.2 Å². The van der Waals surface area contributed by atoms with Gasteiger partial charge in [-0.05, 0) is 29.2 Å². The first kappa shape index (κ1) is 23.3. The van der Waals surface area contributed by atoms with Crippen LogP contribution in [0.4, 0.5) is 5.69 Å². The number of carbonyl (C=O) groups excluding carboxylic acids is 2. The third kappa shape index (κ3) is 6.31. The summed E-state index contributed by atoms with van der Waals surface area (Å²) in [5.74, 6) is -0.424. The molecule has 0 fully saturated rings. The quantitative estimate of drug-likeness (QED) is 0.533. The molecular weight excluding hydrogens is 426 g/mol. The molecule has 1 atom stereocenters. The maximum absolute atomic E-state index is 13.1. The van der Waals surface area contributed by atoms with E-state index in [2.05, 4.69) is 10.6 Å². The Bertz CT molecular complexity index is 1140. The number of carbonyl (C=O) groups is 2. The Balaban J connectivity index is 1.82. The van der Waals surface area contributed by atoms with Gasteiger partial charge in [-0.3, -0.25) is 14.4 Å². The smallest absolute Gasteiger partial charge is 0.251 e. The summed E-state index contributed by atoms with van der Waals surface area (Å²) in [6.45, 7) is 4.16. The number of halogens is 1. The zero-order valence-electron chi connectivity index (χ0n) is 18.0. The van der Waals surface area contributed by atoms with Gasteiger partial charge in [-0.2, -0.15) is 0 Å². The highest BCUT2D eigenvalue weighted by molar-refractivity contribution is 6.31. The lowest BCUT2D eigenvalue weighted by atomic mass is 10.0. The Labute approximate surface area is 192 Å². The number of nitrogens with zero attached hydrogens (tertiary/aromatic N) is 1. The van der Waals surface area contributed by atoms with Gasteiger partial charge in [0.15, 0.2) is 0 Å². The van der Waals surface area contributed by atoms with Crippen molar-refractivity contribution in [2.75, 3.05) is 5.32 Å². The number of hydrogen-bond donors (Lipinski definition) is 2. The van der Waals surface area contributed by atoms with E-state index < -0.39 is 11.9 Å². The summed E-state index contributed by atoms with van der Waals surface area (Å²) in [6, 6.07) is 18.4. The molecule has 3 rings (SSSR count). The number of anilines is 1. The normalized spacial score (nSPS) is 11.8. The Morgan fingerprint density at radius 1 is 0.969 bits per heavy atom. The van der Waals surface area contributed by atoms with Crippen molar-refractivity contribution in [3.63, 3.8) is 0 Å². The fourth-order valence-corrected chi connectivity index (χ4v) is 3.49. The molecule has 32 heavy (non-hydrogen) atoms. The number of aromatic nitrogens is 1. The summed E-state index contributed by atoms with van der Waals surface area (Å²) >= 11 is 6.22. The molecule has 166 valence electrons. The molecule has 0 saturated carbocycles. The zero-order chi connectivity index (χ0) is 23.1. The van der Waals surface area contributed by atoms with Crippen LogP contribution in [0.2, 0.25) is 5.02 Å². The van der Waals surface area contributed by atoms with E-state index in [1.54, 1.807) is 30.5 Å². The largest absolute Gasteiger partial charge is 0.341 e. The van der Waals surface area contributed by atoms with E-state index >= 15 is 0 Å². The Hall–Kier alpha value is -3.38. The highest BCUT2D eigenvalue weighted by atomic mass is 35.5. The highest BCUT2D eigenvalue weighted by Gasteiger charge is 2.23. The summed E-state index contributed by atoms with van der Waals surface area (Å²) in [7, 11) is 0. The molecule has 3 aromatic rings. The first-order valence-corrected chi connectivity index (χ1v) is 10.8. The second kappa shape index (κ2) is 10.8. The van der Waals surface area contributed by atoms with Crippen molar-refractivity contribution < 1.29 is 9.59 Å². The van der Waals surface area contributed by atoms with Crippen LogP contribution >= 0.6 is 11.6 Å². The van der Waals surface area contributed by atoms with Crippen molar-refractivity contribution in [3.8, 4) is 0 Å². The SMILES string of the molecule is CC(C)CC(=O)NC(C(=O)Nc1ccc(=O)n(Cc2ccccc2Cl)c1)c1ccccc1. The molecule has 0 bridgehead atoms. The maximum atomic E-state index is 13.1. The molecule has 6 nitrogen and oxygen atoms in total. The standard InChI is InChI=1S/C25H26ClN3O3/c1-17(2)14-22(30)28-24(18-8-4-3-5-9-18)25(32)27-20-12-13-23(31)29(16-20)15-19-10-6-7-11-21(19)26/h3-13,16-17,24H,14-15H2,1-2H3,(H,27,32)(H,28,30). The Kier molecular flexibility index (Phi) is 7.84.